The van der Waals surface area contributed by atoms with Gasteiger partial charge in [0.25, 0.3) is 5.91 Å². The zero-order valence-corrected chi connectivity index (χ0v) is 13.2. The summed E-state index contributed by atoms with van der Waals surface area (Å²) < 4.78 is 0. The van der Waals surface area contributed by atoms with E-state index in [0.717, 1.165) is 17.7 Å². The SMILES string of the molecule is CCC(C)c1ccc(NC(=O)c2ccc(C)c(C)c2)cc1. The zero-order chi connectivity index (χ0) is 15.4. The normalized spacial score (nSPS) is 12.0. The first kappa shape index (κ1) is 15.3. The van der Waals surface area contributed by atoms with Gasteiger partial charge in [0.1, 0.15) is 0 Å². The molecule has 0 aliphatic heterocycles. The Bertz CT molecular complexity index is 629. The molecule has 2 rings (SSSR count). The minimum atomic E-state index is -0.0608. The first-order valence-corrected chi connectivity index (χ1v) is 7.49. The number of hydrogen-bond donors (Lipinski definition) is 1. The van der Waals surface area contributed by atoms with Crippen LogP contribution in [0.1, 0.15) is 53.2 Å². The van der Waals surface area contributed by atoms with Crippen LogP contribution in [0.2, 0.25) is 0 Å². The van der Waals surface area contributed by atoms with Gasteiger partial charge < -0.3 is 5.32 Å². The van der Waals surface area contributed by atoms with E-state index in [-0.39, 0.29) is 5.91 Å². The van der Waals surface area contributed by atoms with Crippen molar-refractivity contribution in [1.82, 2.24) is 0 Å². The molecule has 0 bridgehead atoms. The van der Waals surface area contributed by atoms with Crippen molar-refractivity contribution >= 4 is 11.6 Å². The van der Waals surface area contributed by atoms with Crippen molar-refractivity contribution < 1.29 is 4.79 Å². The van der Waals surface area contributed by atoms with E-state index in [4.69, 9.17) is 0 Å². The summed E-state index contributed by atoms with van der Waals surface area (Å²) >= 11 is 0. The lowest BCUT2D eigenvalue weighted by atomic mass is 9.98. The van der Waals surface area contributed by atoms with E-state index < -0.39 is 0 Å². The van der Waals surface area contributed by atoms with Gasteiger partial charge in [0.05, 0.1) is 0 Å². The molecule has 0 aromatic heterocycles. The largest absolute Gasteiger partial charge is 0.322 e. The summed E-state index contributed by atoms with van der Waals surface area (Å²) in [7, 11) is 0. The van der Waals surface area contributed by atoms with E-state index in [1.165, 1.54) is 11.1 Å². The molecule has 0 radical (unpaired) electrons. The summed E-state index contributed by atoms with van der Waals surface area (Å²) in [5, 5.41) is 2.95. The molecule has 1 atom stereocenters. The molecule has 1 amide bonds. The third kappa shape index (κ3) is 3.72. The van der Waals surface area contributed by atoms with Crippen LogP contribution in [0.4, 0.5) is 5.69 Å². The molecule has 0 fully saturated rings. The maximum atomic E-state index is 12.2. The lowest BCUT2D eigenvalue weighted by Crippen LogP contribution is -2.12. The number of anilines is 1. The summed E-state index contributed by atoms with van der Waals surface area (Å²) in [4.78, 5) is 12.2. The number of amides is 1. The van der Waals surface area contributed by atoms with Crippen molar-refractivity contribution in [3.8, 4) is 0 Å². The van der Waals surface area contributed by atoms with Crippen LogP contribution in [0, 0.1) is 13.8 Å². The van der Waals surface area contributed by atoms with Gasteiger partial charge in [-0.2, -0.15) is 0 Å². The first-order chi connectivity index (χ1) is 10.0. The van der Waals surface area contributed by atoms with Crippen LogP contribution in [0.5, 0.6) is 0 Å². The first-order valence-electron chi connectivity index (χ1n) is 7.49. The second-order valence-corrected chi connectivity index (χ2v) is 5.68. The summed E-state index contributed by atoms with van der Waals surface area (Å²) in [5.74, 6) is 0.490. The van der Waals surface area contributed by atoms with Gasteiger partial charge in [0.15, 0.2) is 0 Å². The van der Waals surface area contributed by atoms with Gasteiger partial charge in [-0.25, -0.2) is 0 Å². The minimum Gasteiger partial charge on any atom is -0.322 e. The Morgan fingerprint density at radius 3 is 2.29 bits per heavy atom. The van der Waals surface area contributed by atoms with Crippen molar-refractivity contribution in [2.75, 3.05) is 5.32 Å². The fraction of sp³-hybridized carbons (Fsp3) is 0.316. The molecular formula is C19H23NO. The van der Waals surface area contributed by atoms with Gasteiger partial charge in [-0.1, -0.05) is 32.0 Å². The quantitative estimate of drug-likeness (QED) is 0.833. The third-order valence-corrected chi connectivity index (χ3v) is 4.12. The Balaban J connectivity index is 2.10. The van der Waals surface area contributed by atoms with Crippen LogP contribution in [-0.2, 0) is 0 Å². The van der Waals surface area contributed by atoms with Gasteiger partial charge >= 0.3 is 0 Å². The molecule has 2 nitrogen and oxygen atoms in total. The van der Waals surface area contributed by atoms with Gasteiger partial charge in [-0.15, -0.1) is 0 Å². The number of aryl methyl sites for hydroxylation is 2. The van der Waals surface area contributed by atoms with Crippen LogP contribution in [0.3, 0.4) is 0 Å². The Hall–Kier alpha value is -2.09. The molecule has 0 aliphatic carbocycles. The van der Waals surface area contributed by atoms with E-state index in [1.807, 2.05) is 44.2 Å². The summed E-state index contributed by atoms with van der Waals surface area (Å²) in [6, 6.07) is 13.9. The molecule has 0 saturated carbocycles. The Kier molecular flexibility index (Phi) is 4.79. The molecule has 2 aromatic rings. The number of hydrogen-bond acceptors (Lipinski definition) is 1. The van der Waals surface area contributed by atoms with E-state index in [2.05, 4.69) is 31.3 Å². The summed E-state index contributed by atoms with van der Waals surface area (Å²) in [5.41, 5.74) is 5.18. The van der Waals surface area contributed by atoms with Gasteiger partial charge in [-0.3, -0.25) is 4.79 Å². The molecule has 2 aromatic carbocycles. The second-order valence-electron chi connectivity index (χ2n) is 5.68. The van der Waals surface area contributed by atoms with Crippen LogP contribution in [-0.4, -0.2) is 5.91 Å². The molecular weight excluding hydrogens is 258 g/mol. The average Bonchev–Trinajstić information content (AvgIpc) is 2.50. The average molecular weight is 281 g/mol. The second kappa shape index (κ2) is 6.57. The number of benzene rings is 2. The monoisotopic (exact) mass is 281 g/mol. The van der Waals surface area contributed by atoms with Crippen molar-refractivity contribution in [2.24, 2.45) is 0 Å². The van der Waals surface area contributed by atoms with Crippen LogP contribution in [0.25, 0.3) is 0 Å². The molecule has 1 unspecified atom stereocenters. The third-order valence-electron chi connectivity index (χ3n) is 4.12. The minimum absolute atomic E-state index is 0.0608. The Labute approximate surface area is 127 Å². The van der Waals surface area contributed by atoms with Gasteiger partial charge in [0.2, 0.25) is 0 Å². The molecule has 0 spiro atoms. The standard InChI is InChI=1S/C19H23NO/c1-5-13(2)16-8-10-18(11-9-16)20-19(21)17-7-6-14(3)15(4)12-17/h6-13H,5H2,1-4H3,(H,20,21). The number of carbonyl (C=O) groups excluding carboxylic acids is 1. The molecule has 1 N–H and O–H groups in total. The lowest BCUT2D eigenvalue weighted by molar-refractivity contribution is 0.102. The highest BCUT2D eigenvalue weighted by Crippen LogP contribution is 2.21. The van der Waals surface area contributed by atoms with Crippen LogP contribution in [0.15, 0.2) is 42.5 Å². The maximum Gasteiger partial charge on any atom is 0.255 e. The number of carbonyl (C=O) groups is 1. The summed E-state index contributed by atoms with van der Waals surface area (Å²) in [6.07, 6.45) is 1.12. The predicted octanol–water partition coefficient (Wildman–Crippen LogP) is 5.07. The highest BCUT2D eigenvalue weighted by Gasteiger charge is 2.08. The molecule has 2 heteroatoms. The smallest absolute Gasteiger partial charge is 0.255 e. The van der Waals surface area contributed by atoms with E-state index >= 15 is 0 Å². The molecule has 110 valence electrons. The highest BCUT2D eigenvalue weighted by molar-refractivity contribution is 6.04. The topological polar surface area (TPSA) is 29.1 Å². The summed E-state index contributed by atoms with van der Waals surface area (Å²) in [6.45, 7) is 8.46. The maximum absolute atomic E-state index is 12.2. The van der Waals surface area contributed by atoms with Crippen molar-refractivity contribution in [2.45, 2.75) is 40.0 Å². The molecule has 0 saturated heterocycles. The lowest BCUT2D eigenvalue weighted by Gasteiger charge is -2.11. The van der Waals surface area contributed by atoms with Crippen molar-refractivity contribution in [3.05, 3.63) is 64.7 Å². The van der Waals surface area contributed by atoms with Crippen LogP contribution >= 0.6 is 0 Å². The van der Waals surface area contributed by atoms with E-state index in [0.29, 0.717) is 11.5 Å². The Morgan fingerprint density at radius 1 is 1.05 bits per heavy atom. The number of rotatable bonds is 4. The molecule has 0 heterocycles. The zero-order valence-electron chi connectivity index (χ0n) is 13.2. The fourth-order valence-corrected chi connectivity index (χ4v) is 2.22. The van der Waals surface area contributed by atoms with Crippen molar-refractivity contribution in [3.63, 3.8) is 0 Å². The fourth-order valence-electron chi connectivity index (χ4n) is 2.22. The van der Waals surface area contributed by atoms with Gasteiger partial charge in [-0.05, 0) is 67.1 Å². The Morgan fingerprint density at radius 2 is 1.71 bits per heavy atom. The molecule has 0 aliphatic rings. The highest BCUT2D eigenvalue weighted by atomic mass is 16.1. The van der Waals surface area contributed by atoms with E-state index in [1.54, 1.807) is 0 Å². The van der Waals surface area contributed by atoms with Gasteiger partial charge in [0, 0.05) is 11.3 Å². The predicted molar refractivity (Wildman–Crippen MR) is 89.0 cm³/mol. The van der Waals surface area contributed by atoms with E-state index in [9.17, 15) is 4.79 Å². The number of nitrogens with one attached hydrogen (secondary N) is 1. The van der Waals surface area contributed by atoms with Crippen molar-refractivity contribution in [1.29, 1.82) is 0 Å². The van der Waals surface area contributed by atoms with Crippen LogP contribution < -0.4 is 5.32 Å². The molecule has 21 heavy (non-hydrogen) atoms.